The van der Waals surface area contributed by atoms with Gasteiger partial charge in [0.2, 0.25) is 5.91 Å². The smallest absolute Gasteiger partial charge is 0.318 e. The van der Waals surface area contributed by atoms with E-state index in [1.54, 1.807) is 23.4 Å². The molecule has 2 aromatic carbocycles. The third kappa shape index (κ3) is 4.04. The van der Waals surface area contributed by atoms with Crippen molar-refractivity contribution < 1.29 is 14.3 Å². The molecule has 0 radical (unpaired) electrons. The first kappa shape index (κ1) is 22.5. The number of aromatic nitrogens is 3. The molecule has 0 bridgehead atoms. The lowest BCUT2D eigenvalue weighted by Crippen LogP contribution is -2.40. The van der Waals surface area contributed by atoms with Crippen LogP contribution in [0, 0.1) is 0 Å². The average molecular weight is 478 g/mol. The van der Waals surface area contributed by atoms with Crippen molar-refractivity contribution in [2.75, 3.05) is 22.9 Å². The number of hydrogen-bond donors (Lipinski definition) is 0. The van der Waals surface area contributed by atoms with Gasteiger partial charge in [0.15, 0.2) is 11.3 Å². The van der Waals surface area contributed by atoms with Crippen molar-refractivity contribution in [1.82, 2.24) is 14.8 Å². The molecule has 176 valence electrons. The summed E-state index contributed by atoms with van der Waals surface area (Å²) in [5.41, 5.74) is 4.28. The Kier molecular flexibility index (Phi) is 6.03. The van der Waals surface area contributed by atoms with Gasteiger partial charge in [0, 0.05) is 31.5 Å². The Bertz CT molecular complexity index is 1150. The summed E-state index contributed by atoms with van der Waals surface area (Å²) in [6.45, 7) is 4.93. The number of rotatable bonds is 6. The van der Waals surface area contributed by atoms with Crippen LogP contribution in [-0.4, -0.2) is 51.0 Å². The second-order valence-electron chi connectivity index (χ2n) is 8.58. The summed E-state index contributed by atoms with van der Waals surface area (Å²) >= 11 is 1.33. The van der Waals surface area contributed by atoms with Crippen molar-refractivity contribution in [3.8, 4) is 6.01 Å². The molecule has 2 amide bonds. The Morgan fingerprint density at radius 3 is 2.06 bits per heavy atom. The van der Waals surface area contributed by atoms with Gasteiger partial charge in [-0.1, -0.05) is 53.3 Å². The maximum Gasteiger partial charge on any atom is 0.318 e. The molecule has 9 heteroatoms. The third-order valence-corrected chi connectivity index (χ3v) is 7.48. The van der Waals surface area contributed by atoms with E-state index in [2.05, 4.69) is 16.3 Å². The molecule has 0 aliphatic carbocycles. The zero-order valence-corrected chi connectivity index (χ0v) is 20.3. The molecule has 0 N–H and O–H groups in total. The molecule has 2 aliphatic heterocycles. The lowest BCUT2D eigenvalue weighted by Gasteiger charge is -2.22. The highest BCUT2D eigenvalue weighted by Crippen LogP contribution is 2.32. The van der Waals surface area contributed by atoms with Crippen molar-refractivity contribution >= 4 is 35.0 Å². The first-order chi connectivity index (χ1) is 16.4. The van der Waals surface area contributed by atoms with Crippen LogP contribution in [0.25, 0.3) is 0 Å². The minimum atomic E-state index is -0.716. The average Bonchev–Trinajstić information content (AvgIpc) is 3.56. The highest BCUT2D eigenvalue weighted by Gasteiger charge is 2.31. The fourth-order valence-corrected chi connectivity index (χ4v) is 5.37. The van der Waals surface area contributed by atoms with Crippen LogP contribution < -0.4 is 14.5 Å². The second kappa shape index (κ2) is 9.13. The van der Waals surface area contributed by atoms with Gasteiger partial charge in [-0.15, -0.1) is 5.10 Å². The molecule has 0 spiro atoms. The van der Waals surface area contributed by atoms with Crippen LogP contribution >= 0.6 is 11.8 Å². The number of fused-ring (bicyclic) bond motifs is 2. The number of benzene rings is 2. The van der Waals surface area contributed by atoms with Crippen LogP contribution in [0.1, 0.15) is 25.0 Å². The quantitative estimate of drug-likeness (QED) is 0.507. The molecule has 8 nitrogen and oxygen atoms in total. The summed E-state index contributed by atoms with van der Waals surface area (Å²) in [4.78, 5) is 29.8. The predicted octanol–water partition coefficient (Wildman–Crippen LogP) is 3.24. The Labute approximate surface area is 202 Å². The third-order valence-electron chi connectivity index (χ3n) is 6.36. The molecule has 2 aliphatic rings. The molecule has 2 atom stereocenters. The summed E-state index contributed by atoms with van der Waals surface area (Å²) in [5.74, 6) is -0.0740. The van der Waals surface area contributed by atoms with Gasteiger partial charge in [0.25, 0.3) is 5.91 Å². The van der Waals surface area contributed by atoms with Crippen molar-refractivity contribution in [3.05, 3.63) is 59.7 Å². The van der Waals surface area contributed by atoms with Crippen LogP contribution in [0.4, 0.5) is 11.4 Å². The van der Waals surface area contributed by atoms with Crippen LogP contribution in [-0.2, 0) is 29.5 Å². The van der Waals surface area contributed by atoms with Gasteiger partial charge in [0.05, 0.1) is 5.25 Å². The molecule has 0 saturated carbocycles. The summed E-state index contributed by atoms with van der Waals surface area (Å²) in [6.07, 6.45) is 0.994. The molecule has 0 fully saturated rings. The lowest BCUT2D eigenvalue weighted by molar-refractivity contribution is -0.124. The molecule has 5 rings (SSSR count). The number of nitrogens with zero attached hydrogens (tertiary/aromatic N) is 5. The van der Waals surface area contributed by atoms with Gasteiger partial charge >= 0.3 is 6.01 Å². The zero-order chi connectivity index (χ0) is 23.8. The van der Waals surface area contributed by atoms with E-state index in [1.807, 2.05) is 54.3 Å². The number of carbonyl (C=O) groups excluding carboxylic acids is 2. The van der Waals surface area contributed by atoms with Gasteiger partial charge in [-0.2, -0.15) is 0 Å². The molecule has 0 unspecified atom stereocenters. The highest BCUT2D eigenvalue weighted by molar-refractivity contribution is 8.00. The molecule has 3 aromatic rings. The largest absolute Gasteiger partial charge is 0.450 e. The van der Waals surface area contributed by atoms with Gasteiger partial charge < -0.3 is 14.5 Å². The lowest BCUT2D eigenvalue weighted by atomic mass is 10.2. The molecule has 34 heavy (non-hydrogen) atoms. The molecule has 3 heterocycles. The SMILES string of the molecule is C[C@H](Oc1nnc(S[C@@H](C)C(=O)N2CCc3ccccc32)n1C)C(=O)N1CCc2ccccc21. The minimum absolute atomic E-state index is 0.0386. The van der Waals surface area contributed by atoms with Crippen molar-refractivity contribution in [2.45, 2.75) is 43.2 Å². The summed E-state index contributed by atoms with van der Waals surface area (Å²) in [6, 6.07) is 16.2. The van der Waals surface area contributed by atoms with E-state index in [9.17, 15) is 9.59 Å². The van der Waals surface area contributed by atoms with E-state index in [-0.39, 0.29) is 23.1 Å². The van der Waals surface area contributed by atoms with Crippen LogP contribution in [0.2, 0.25) is 0 Å². The Morgan fingerprint density at radius 1 is 0.882 bits per heavy atom. The zero-order valence-electron chi connectivity index (χ0n) is 19.5. The van der Waals surface area contributed by atoms with Gasteiger partial charge in [0.1, 0.15) is 0 Å². The molecule has 1 aromatic heterocycles. The molecular weight excluding hydrogens is 450 g/mol. The number of carbonyl (C=O) groups is 2. The van der Waals surface area contributed by atoms with E-state index in [4.69, 9.17) is 4.74 Å². The first-order valence-corrected chi connectivity index (χ1v) is 12.3. The number of hydrogen-bond acceptors (Lipinski definition) is 6. The van der Waals surface area contributed by atoms with Crippen LogP contribution in [0.15, 0.2) is 53.7 Å². The Balaban J connectivity index is 1.23. The Morgan fingerprint density at radius 2 is 1.44 bits per heavy atom. The summed E-state index contributed by atoms with van der Waals surface area (Å²) in [5, 5.41) is 8.56. The van der Waals surface area contributed by atoms with E-state index >= 15 is 0 Å². The van der Waals surface area contributed by atoms with Crippen molar-refractivity contribution in [2.24, 2.45) is 7.05 Å². The van der Waals surface area contributed by atoms with Gasteiger partial charge in [-0.3, -0.25) is 14.2 Å². The predicted molar refractivity (Wildman–Crippen MR) is 131 cm³/mol. The monoisotopic (exact) mass is 477 g/mol. The van der Waals surface area contributed by atoms with Crippen molar-refractivity contribution in [3.63, 3.8) is 0 Å². The van der Waals surface area contributed by atoms with E-state index in [0.717, 1.165) is 24.2 Å². The summed E-state index contributed by atoms with van der Waals surface area (Å²) < 4.78 is 7.58. The fourth-order valence-electron chi connectivity index (χ4n) is 4.50. The number of thioether (sulfide) groups is 1. The standard InChI is InChI=1S/C25H27N5O3S/c1-16(22(31)29-14-12-18-8-4-6-10-20(18)29)33-24-26-27-25(28(24)3)34-17(2)23(32)30-15-13-19-9-5-7-11-21(19)30/h4-11,16-17H,12-15H2,1-3H3/t16-,17-/m0/s1. The normalized spacial score (nSPS) is 16.2. The number of ether oxygens (including phenoxy) is 1. The highest BCUT2D eigenvalue weighted by atomic mass is 32.2. The molecular formula is C25H27N5O3S. The number of amides is 2. The van der Waals surface area contributed by atoms with E-state index in [0.29, 0.717) is 18.2 Å². The second-order valence-corrected chi connectivity index (χ2v) is 9.89. The topological polar surface area (TPSA) is 80.6 Å². The Hall–Kier alpha value is -3.33. The summed E-state index contributed by atoms with van der Waals surface area (Å²) in [7, 11) is 1.78. The molecule has 0 saturated heterocycles. The number of anilines is 2. The van der Waals surface area contributed by atoms with E-state index < -0.39 is 6.10 Å². The maximum atomic E-state index is 13.1. The van der Waals surface area contributed by atoms with Crippen LogP contribution in [0.5, 0.6) is 6.01 Å². The van der Waals surface area contributed by atoms with Crippen molar-refractivity contribution in [1.29, 1.82) is 0 Å². The first-order valence-electron chi connectivity index (χ1n) is 11.5. The number of para-hydroxylation sites is 2. The fraction of sp³-hybridized carbons (Fsp3) is 0.360. The van der Waals surface area contributed by atoms with E-state index in [1.165, 1.54) is 22.9 Å². The minimum Gasteiger partial charge on any atom is -0.450 e. The maximum absolute atomic E-state index is 13.1. The van der Waals surface area contributed by atoms with Gasteiger partial charge in [-0.25, -0.2) is 0 Å². The van der Waals surface area contributed by atoms with Crippen LogP contribution in [0.3, 0.4) is 0 Å². The van der Waals surface area contributed by atoms with Gasteiger partial charge in [-0.05, 0) is 49.9 Å².